The summed E-state index contributed by atoms with van der Waals surface area (Å²) in [6.45, 7) is 35.1. The van der Waals surface area contributed by atoms with Crippen LogP contribution in [0.3, 0.4) is 0 Å². The maximum absolute atomic E-state index is 2.54. The molecule has 0 radical (unpaired) electrons. The Morgan fingerprint density at radius 2 is 0.871 bits per heavy atom. The Morgan fingerprint density at radius 1 is 0.484 bits per heavy atom. The van der Waals surface area contributed by atoms with E-state index in [-0.39, 0.29) is 0 Å². The van der Waals surface area contributed by atoms with Crippen molar-refractivity contribution in [1.82, 2.24) is 14.7 Å². The van der Waals surface area contributed by atoms with E-state index in [2.05, 4.69) is 49.3 Å². The number of nitrogens with zero attached hydrogens (tertiary/aromatic N) is 3. The summed E-state index contributed by atoms with van der Waals surface area (Å²) in [5.41, 5.74) is 0. The molecule has 0 bridgehead atoms. The van der Waals surface area contributed by atoms with Crippen LogP contribution in [0.4, 0.5) is 0 Å². The quantitative estimate of drug-likeness (QED) is 0.443. The van der Waals surface area contributed by atoms with E-state index in [0.29, 0.717) is 0 Å². The fourth-order valence-electron chi connectivity index (χ4n) is 4.16. The minimum atomic E-state index is 0.943. The second-order valence-electron chi connectivity index (χ2n) is 8.42. The van der Waals surface area contributed by atoms with Crippen LogP contribution >= 0.6 is 0 Å². The largest absolute Gasteiger partial charge is 0.304 e. The molecule has 2 unspecified atom stereocenters. The van der Waals surface area contributed by atoms with E-state index in [0.717, 1.165) is 11.8 Å². The van der Waals surface area contributed by atoms with Crippen LogP contribution in [0.1, 0.15) is 115 Å². The molecule has 3 nitrogen and oxygen atoms in total. The first kappa shape index (κ1) is 35.5. The average molecular weight is 444 g/mol. The van der Waals surface area contributed by atoms with Crippen molar-refractivity contribution in [2.45, 2.75) is 115 Å². The summed E-state index contributed by atoms with van der Waals surface area (Å²) in [5.74, 6) is 1.90. The number of piperidine rings is 2. The molecular formula is C28H65N3. The van der Waals surface area contributed by atoms with E-state index >= 15 is 0 Å². The molecule has 0 spiro atoms. The maximum atomic E-state index is 2.54. The lowest BCUT2D eigenvalue weighted by atomic mass is 10.0. The van der Waals surface area contributed by atoms with Crippen molar-refractivity contribution in [3.05, 3.63) is 0 Å². The predicted molar refractivity (Wildman–Crippen MR) is 146 cm³/mol. The molecule has 3 aliphatic rings. The first-order valence-corrected chi connectivity index (χ1v) is 14.3. The van der Waals surface area contributed by atoms with Gasteiger partial charge < -0.3 is 14.7 Å². The standard InChI is InChI=1S/C8H17N.2C7H15N.3C2H6/c1-3-9-6-4-5-8(2)7-9;1-3-8-5-4-7(2)6-8;1-2-8-6-4-3-5-7-8;3*1-2/h8H,3-7H2,1-2H3;7H,3-6H2,1-2H3;2-7H2,1H3;3*1-2H3. The monoisotopic (exact) mass is 444 g/mol. The third kappa shape index (κ3) is 21.5. The summed E-state index contributed by atoms with van der Waals surface area (Å²) in [7, 11) is 0. The molecule has 31 heavy (non-hydrogen) atoms. The van der Waals surface area contributed by atoms with Gasteiger partial charge in [0.2, 0.25) is 0 Å². The molecule has 0 N–H and O–H groups in total. The van der Waals surface area contributed by atoms with Crippen LogP contribution < -0.4 is 0 Å². The van der Waals surface area contributed by atoms with E-state index in [1.165, 1.54) is 97.4 Å². The van der Waals surface area contributed by atoms with Crippen molar-refractivity contribution in [2.24, 2.45) is 11.8 Å². The van der Waals surface area contributed by atoms with Gasteiger partial charge in [-0.05, 0) is 89.8 Å². The molecule has 0 aliphatic carbocycles. The Hall–Kier alpha value is -0.120. The molecule has 192 valence electrons. The summed E-state index contributed by atoms with van der Waals surface area (Å²) < 4.78 is 0. The van der Waals surface area contributed by atoms with Crippen molar-refractivity contribution in [3.8, 4) is 0 Å². The first-order valence-electron chi connectivity index (χ1n) is 14.3. The smallest absolute Gasteiger partial charge is 0.000738 e. The molecular weight excluding hydrogens is 378 g/mol. The highest BCUT2D eigenvalue weighted by Gasteiger charge is 2.15. The van der Waals surface area contributed by atoms with Crippen LogP contribution in [-0.2, 0) is 0 Å². The highest BCUT2D eigenvalue weighted by Crippen LogP contribution is 2.14. The third-order valence-corrected chi connectivity index (χ3v) is 6.04. The normalized spacial score (nSPS) is 23.7. The average Bonchev–Trinajstić information content (AvgIpc) is 3.29. The molecule has 0 aromatic rings. The Bertz CT molecular complexity index is 298. The molecule has 2 atom stereocenters. The number of rotatable bonds is 3. The molecule has 3 rings (SSSR count). The zero-order chi connectivity index (χ0) is 24.5. The van der Waals surface area contributed by atoms with E-state index in [1.54, 1.807) is 0 Å². The van der Waals surface area contributed by atoms with Gasteiger partial charge in [0.15, 0.2) is 0 Å². The molecule has 3 aliphatic heterocycles. The topological polar surface area (TPSA) is 9.72 Å². The van der Waals surface area contributed by atoms with Crippen LogP contribution in [0, 0.1) is 11.8 Å². The number of likely N-dealkylation sites (tertiary alicyclic amines) is 3. The molecule has 3 heterocycles. The van der Waals surface area contributed by atoms with Gasteiger partial charge in [-0.1, -0.05) is 82.6 Å². The van der Waals surface area contributed by atoms with Gasteiger partial charge in [0, 0.05) is 13.1 Å². The Morgan fingerprint density at radius 3 is 1.13 bits per heavy atom. The van der Waals surface area contributed by atoms with E-state index < -0.39 is 0 Å². The molecule has 0 aromatic heterocycles. The van der Waals surface area contributed by atoms with E-state index in [9.17, 15) is 0 Å². The lowest BCUT2D eigenvalue weighted by molar-refractivity contribution is 0.192. The van der Waals surface area contributed by atoms with Crippen molar-refractivity contribution >= 4 is 0 Å². The van der Waals surface area contributed by atoms with Crippen LogP contribution in [-0.4, -0.2) is 73.6 Å². The third-order valence-electron chi connectivity index (χ3n) is 6.04. The van der Waals surface area contributed by atoms with Gasteiger partial charge in [0.25, 0.3) is 0 Å². The van der Waals surface area contributed by atoms with Gasteiger partial charge in [-0.25, -0.2) is 0 Å². The molecule has 0 amide bonds. The van der Waals surface area contributed by atoms with Crippen molar-refractivity contribution in [1.29, 1.82) is 0 Å². The van der Waals surface area contributed by atoms with Gasteiger partial charge in [0.05, 0.1) is 0 Å². The fourth-order valence-corrected chi connectivity index (χ4v) is 4.16. The number of hydrogen-bond acceptors (Lipinski definition) is 3. The van der Waals surface area contributed by atoms with Gasteiger partial charge in [-0.15, -0.1) is 0 Å². The summed E-state index contributed by atoms with van der Waals surface area (Å²) in [5, 5.41) is 0. The van der Waals surface area contributed by atoms with Gasteiger partial charge in [-0.2, -0.15) is 0 Å². The van der Waals surface area contributed by atoms with Crippen molar-refractivity contribution < 1.29 is 0 Å². The van der Waals surface area contributed by atoms with Crippen LogP contribution in [0.5, 0.6) is 0 Å². The number of hydrogen-bond donors (Lipinski definition) is 0. The first-order chi connectivity index (χ1) is 15.1. The SMILES string of the molecule is CC.CC.CC.CCN1CCC(C)C1.CCN1CCCC(C)C1.CCN1CCCCC1. The Kier molecular flexibility index (Phi) is 31.9. The lowest BCUT2D eigenvalue weighted by Crippen LogP contribution is -2.33. The maximum Gasteiger partial charge on any atom is 0.000738 e. The molecule has 3 heteroatoms. The predicted octanol–water partition coefficient (Wildman–Crippen LogP) is 7.66. The zero-order valence-corrected chi connectivity index (χ0v) is 24.1. The van der Waals surface area contributed by atoms with Gasteiger partial charge in [-0.3, -0.25) is 0 Å². The second-order valence-corrected chi connectivity index (χ2v) is 8.42. The van der Waals surface area contributed by atoms with E-state index in [1.807, 2.05) is 41.5 Å². The summed E-state index contributed by atoms with van der Waals surface area (Å²) in [6.07, 6.45) is 8.57. The molecule has 3 fully saturated rings. The molecule has 0 aromatic carbocycles. The Balaban J connectivity index is -0.000000338. The molecule has 3 saturated heterocycles. The minimum Gasteiger partial charge on any atom is -0.304 e. The highest BCUT2D eigenvalue weighted by molar-refractivity contribution is 4.70. The lowest BCUT2D eigenvalue weighted by Gasteiger charge is -2.29. The molecule has 0 saturated carbocycles. The zero-order valence-electron chi connectivity index (χ0n) is 24.1. The van der Waals surface area contributed by atoms with E-state index in [4.69, 9.17) is 0 Å². The minimum absolute atomic E-state index is 0.943. The fraction of sp³-hybridized carbons (Fsp3) is 1.00. The van der Waals surface area contributed by atoms with Gasteiger partial charge >= 0.3 is 0 Å². The highest BCUT2D eigenvalue weighted by atomic mass is 15.1. The summed E-state index contributed by atoms with van der Waals surface area (Å²) in [4.78, 5) is 7.56. The van der Waals surface area contributed by atoms with Crippen LogP contribution in [0.2, 0.25) is 0 Å². The second kappa shape index (κ2) is 27.9. The van der Waals surface area contributed by atoms with Crippen molar-refractivity contribution in [3.63, 3.8) is 0 Å². The van der Waals surface area contributed by atoms with Crippen LogP contribution in [0.15, 0.2) is 0 Å². The summed E-state index contributed by atoms with van der Waals surface area (Å²) >= 11 is 0. The van der Waals surface area contributed by atoms with Crippen LogP contribution in [0.25, 0.3) is 0 Å². The Labute approximate surface area is 200 Å². The van der Waals surface area contributed by atoms with Crippen molar-refractivity contribution in [2.75, 3.05) is 58.9 Å². The summed E-state index contributed by atoms with van der Waals surface area (Å²) in [6, 6.07) is 0. The van der Waals surface area contributed by atoms with Gasteiger partial charge in [0.1, 0.15) is 0 Å².